The van der Waals surface area contributed by atoms with Gasteiger partial charge >= 0.3 is 5.97 Å². The fourth-order valence-corrected chi connectivity index (χ4v) is 4.67. The summed E-state index contributed by atoms with van der Waals surface area (Å²) in [6.45, 7) is 1.94. The zero-order valence-corrected chi connectivity index (χ0v) is 17.2. The van der Waals surface area contributed by atoms with Crippen LogP contribution in [0.1, 0.15) is 24.6 Å². The van der Waals surface area contributed by atoms with Crippen LogP contribution in [0.4, 0.5) is 5.69 Å². The second kappa shape index (κ2) is 7.23. The molecule has 0 radical (unpaired) electrons. The van der Waals surface area contributed by atoms with E-state index in [0.717, 1.165) is 27.8 Å². The molecule has 1 aliphatic carbocycles. The highest BCUT2D eigenvalue weighted by Gasteiger charge is 2.41. The highest BCUT2D eigenvalue weighted by Crippen LogP contribution is 2.42. The molecule has 1 atom stereocenters. The zero-order chi connectivity index (χ0) is 20.8. The minimum Gasteiger partial charge on any atom is -0.480 e. The first-order valence-corrected chi connectivity index (χ1v) is 10.0. The largest absolute Gasteiger partial charge is 0.480 e. The summed E-state index contributed by atoms with van der Waals surface area (Å²) in [5.41, 5.74) is 3.23. The standard InChI is InChI=1S/C23H23ClN2O3/c1-23(22(29)25(2)16-7-5-6-15(24)12-16)11-10-20-18(13-23)17-8-3-4-9-19(17)26(20)14-21(27)28/h3-9,12H,10-11,13-14H2,1-2H3,(H,27,28). The Bertz CT molecular complexity index is 1120. The Morgan fingerprint density at radius 2 is 1.97 bits per heavy atom. The molecule has 0 saturated heterocycles. The maximum absolute atomic E-state index is 13.4. The van der Waals surface area contributed by atoms with Crippen LogP contribution in [0.5, 0.6) is 0 Å². The monoisotopic (exact) mass is 410 g/mol. The number of carbonyl (C=O) groups is 2. The van der Waals surface area contributed by atoms with Gasteiger partial charge in [0.15, 0.2) is 0 Å². The number of para-hydroxylation sites is 1. The number of carboxylic acids is 1. The predicted octanol–water partition coefficient (Wildman–Crippen LogP) is 4.54. The van der Waals surface area contributed by atoms with Crippen LogP contribution in [0.15, 0.2) is 48.5 Å². The second-order valence-electron chi connectivity index (χ2n) is 8.00. The zero-order valence-electron chi connectivity index (χ0n) is 16.5. The van der Waals surface area contributed by atoms with Gasteiger partial charge in [0.05, 0.1) is 5.41 Å². The molecule has 5 nitrogen and oxygen atoms in total. The Kier molecular flexibility index (Phi) is 4.87. The Hall–Kier alpha value is -2.79. The lowest BCUT2D eigenvalue weighted by Crippen LogP contribution is -2.44. The molecular formula is C23H23ClN2O3. The number of carbonyl (C=O) groups excluding carboxylic acids is 1. The number of hydrogen-bond acceptors (Lipinski definition) is 2. The molecule has 1 aliphatic rings. The normalized spacial score (nSPS) is 18.4. The van der Waals surface area contributed by atoms with Crippen molar-refractivity contribution >= 4 is 40.1 Å². The number of halogens is 1. The van der Waals surface area contributed by atoms with E-state index in [9.17, 15) is 14.7 Å². The van der Waals surface area contributed by atoms with Gasteiger partial charge in [0, 0.05) is 34.4 Å². The van der Waals surface area contributed by atoms with Crippen LogP contribution in [0.2, 0.25) is 5.02 Å². The molecule has 150 valence electrons. The molecule has 6 heteroatoms. The number of anilines is 1. The smallest absolute Gasteiger partial charge is 0.323 e. The third-order valence-corrected chi connectivity index (χ3v) is 6.22. The summed E-state index contributed by atoms with van der Waals surface area (Å²) in [5, 5.41) is 11.0. The van der Waals surface area contributed by atoms with Gasteiger partial charge in [-0.05, 0) is 49.1 Å². The first-order chi connectivity index (χ1) is 13.8. The van der Waals surface area contributed by atoms with Gasteiger partial charge in [0.1, 0.15) is 6.54 Å². The number of rotatable bonds is 4. The topological polar surface area (TPSA) is 62.5 Å². The van der Waals surface area contributed by atoms with Gasteiger partial charge in [-0.15, -0.1) is 0 Å². The van der Waals surface area contributed by atoms with Crippen LogP contribution in [0, 0.1) is 5.41 Å². The van der Waals surface area contributed by atoms with E-state index in [1.807, 2.05) is 47.9 Å². The summed E-state index contributed by atoms with van der Waals surface area (Å²) in [5.74, 6) is -0.820. The van der Waals surface area contributed by atoms with Gasteiger partial charge in [-0.2, -0.15) is 0 Å². The maximum atomic E-state index is 13.4. The third-order valence-electron chi connectivity index (χ3n) is 5.98. The van der Waals surface area contributed by atoms with Crippen molar-refractivity contribution in [3.05, 3.63) is 64.8 Å². The minimum atomic E-state index is -0.862. The van der Waals surface area contributed by atoms with Crippen LogP contribution >= 0.6 is 11.6 Å². The van der Waals surface area contributed by atoms with E-state index in [-0.39, 0.29) is 12.5 Å². The van der Waals surface area contributed by atoms with Crippen molar-refractivity contribution in [1.82, 2.24) is 4.57 Å². The highest BCUT2D eigenvalue weighted by molar-refractivity contribution is 6.30. The highest BCUT2D eigenvalue weighted by atomic mass is 35.5. The lowest BCUT2D eigenvalue weighted by atomic mass is 9.73. The molecule has 1 unspecified atom stereocenters. The number of aromatic nitrogens is 1. The van der Waals surface area contributed by atoms with E-state index in [1.165, 1.54) is 0 Å². The van der Waals surface area contributed by atoms with Crippen LogP contribution < -0.4 is 4.90 Å². The molecule has 0 bridgehead atoms. The number of nitrogens with zero attached hydrogens (tertiary/aromatic N) is 2. The molecule has 0 saturated carbocycles. The summed E-state index contributed by atoms with van der Waals surface area (Å²) in [4.78, 5) is 26.5. The van der Waals surface area contributed by atoms with Gasteiger partial charge < -0.3 is 14.6 Å². The Balaban J connectivity index is 1.72. The summed E-state index contributed by atoms with van der Waals surface area (Å²) in [7, 11) is 1.78. The molecule has 29 heavy (non-hydrogen) atoms. The molecule has 1 N–H and O–H groups in total. The number of amides is 1. The predicted molar refractivity (Wildman–Crippen MR) is 115 cm³/mol. The van der Waals surface area contributed by atoms with Crippen LogP contribution in [-0.4, -0.2) is 28.6 Å². The number of aliphatic carboxylic acids is 1. The molecule has 0 spiro atoms. The van der Waals surface area contributed by atoms with Gasteiger partial charge in [0.2, 0.25) is 5.91 Å². The van der Waals surface area contributed by atoms with Crippen LogP contribution in [0.3, 0.4) is 0 Å². The van der Waals surface area contributed by atoms with Crippen LogP contribution in [0.25, 0.3) is 10.9 Å². The van der Waals surface area contributed by atoms with E-state index < -0.39 is 11.4 Å². The summed E-state index contributed by atoms with van der Waals surface area (Å²) in [6, 6.07) is 15.1. The molecule has 1 heterocycles. The minimum absolute atomic E-state index is 0.0421. The van der Waals surface area contributed by atoms with Crippen molar-refractivity contribution in [3.63, 3.8) is 0 Å². The molecule has 3 aromatic rings. The second-order valence-corrected chi connectivity index (χ2v) is 8.44. The van der Waals surface area contributed by atoms with Gasteiger partial charge in [0.25, 0.3) is 0 Å². The van der Waals surface area contributed by atoms with E-state index >= 15 is 0 Å². The Morgan fingerprint density at radius 1 is 1.21 bits per heavy atom. The van der Waals surface area contributed by atoms with E-state index in [2.05, 4.69) is 0 Å². The van der Waals surface area contributed by atoms with Gasteiger partial charge in [-0.1, -0.05) is 42.8 Å². The number of hydrogen-bond donors (Lipinski definition) is 1. The fourth-order valence-electron chi connectivity index (χ4n) is 4.49. The van der Waals surface area contributed by atoms with Gasteiger partial charge in [-0.3, -0.25) is 9.59 Å². The van der Waals surface area contributed by atoms with E-state index in [4.69, 9.17) is 11.6 Å². The molecule has 1 amide bonds. The van der Waals surface area contributed by atoms with E-state index in [1.54, 1.807) is 24.1 Å². The lowest BCUT2D eigenvalue weighted by Gasteiger charge is -2.36. The number of carboxylic acid groups (broad SMARTS) is 1. The first kappa shape index (κ1) is 19.5. The number of benzene rings is 2. The average Bonchev–Trinajstić information content (AvgIpc) is 2.99. The van der Waals surface area contributed by atoms with Crippen LogP contribution in [-0.2, 0) is 29.0 Å². The lowest BCUT2D eigenvalue weighted by molar-refractivity contribution is -0.137. The van der Waals surface area contributed by atoms with Crippen molar-refractivity contribution in [2.45, 2.75) is 32.7 Å². The Labute approximate surface area is 174 Å². The van der Waals surface area contributed by atoms with Gasteiger partial charge in [-0.25, -0.2) is 0 Å². The fraction of sp³-hybridized carbons (Fsp3) is 0.304. The molecule has 2 aromatic carbocycles. The first-order valence-electron chi connectivity index (χ1n) is 9.65. The van der Waals surface area contributed by atoms with Crippen molar-refractivity contribution in [2.24, 2.45) is 5.41 Å². The molecular weight excluding hydrogens is 388 g/mol. The molecule has 0 aliphatic heterocycles. The molecule has 4 rings (SSSR count). The third kappa shape index (κ3) is 3.40. The SMILES string of the molecule is CN(C(=O)C1(C)CCc2c(c3ccccc3n2CC(=O)O)C1)c1cccc(Cl)c1. The summed E-state index contributed by atoms with van der Waals surface area (Å²) >= 11 is 6.10. The Morgan fingerprint density at radius 3 is 2.69 bits per heavy atom. The maximum Gasteiger partial charge on any atom is 0.323 e. The summed E-state index contributed by atoms with van der Waals surface area (Å²) in [6.07, 6.45) is 1.92. The van der Waals surface area contributed by atoms with Crippen molar-refractivity contribution in [1.29, 1.82) is 0 Å². The van der Waals surface area contributed by atoms with Crippen molar-refractivity contribution in [2.75, 3.05) is 11.9 Å². The van der Waals surface area contributed by atoms with Crippen molar-refractivity contribution in [3.8, 4) is 0 Å². The van der Waals surface area contributed by atoms with E-state index in [0.29, 0.717) is 24.3 Å². The molecule has 1 aromatic heterocycles. The quantitative estimate of drug-likeness (QED) is 0.686. The molecule has 0 fully saturated rings. The van der Waals surface area contributed by atoms with Crippen molar-refractivity contribution < 1.29 is 14.7 Å². The average molecular weight is 411 g/mol. The number of fused-ring (bicyclic) bond motifs is 3. The summed E-state index contributed by atoms with van der Waals surface area (Å²) < 4.78 is 1.89.